The zero-order valence-electron chi connectivity index (χ0n) is 17.9. The summed E-state index contributed by atoms with van der Waals surface area (Å²) in [6, 6.07) is 20.3. The highest BCUT2D eigenvalue weighted by Crippen LogP contribution is 2.25. The topological polar surface area (TPSA) is 110 Å². The van der Waals surface area contributed by atoms with Crippen molar-refractivity contribution in [3.8, 4) is 5.88 Å². The van der Waals surface area contributed by atoms with Crippen LogP contribution in [-0.4, -0.2) is 42.3 Å². The highest BCUT2D eigenvalue weighted by molar-refractivity contribution is 5.90. The maximum Gasteiger partial charge on any atom is 0.340 e. The number of ether oxygens (including phenoxy) is 4. The lowest BCUT2D eigenvalue weighted by Crippen LogP contribution is -2.13. The van der Waals surface area contributed by atoms with Crippen molar-refractivity contribution in [1.29, 1.82) is 0 Å². The molecular weight excluding hydrogens is 428 g/mol. The van der Waals surface area contributed by atoms with Crippen LogP contribution < -0.4 is 4.74 Å². The predicted octanol–water partition coefficient (Wildman–Crippen LogP) is 3.96. The Kier molecular flexibility index (Phi) is 9.31. The number of hydrogen-bond donors (Lipinski definition) is 0. The Morgan fingerprint density at radius 3 is 2.00 bits per heavy atom. The quantitative estimate of drug-likeness (QED) is 0.166. The normalized spacial score (nSPS) is 10.5. The molecule has 33 heavy (non-hydrogen) atoms. The van der Waals surface area contributed by atoms with E-state index < -0.39 is 16.6 Å². The van der Waals surface area contributed by atoms with Crippen molar-refractivity contribution >= 4 is 11.7 Å². The van der Waals surface area contributed by atoms with Gasteiger partial charge in [0.1, 0.15) is 13.2 Å². The highest BCUT2D eigenvalue weighted by atomic mass is 16.6. The summed E-state index contributed by atoms with van der Waals surface area (Å²) in [6.07, 6.45) is 1.18. The minimum Gasteiger partial charge on any atom is -0.470 e. The van der Waals surface area contributed by atoms with Crippen molar-refractivity contribution in [2.24, 2.45) is 0 Å². The summed E-state index contributed by atoms with van der Waals surface area (Å²) in [5.74, 6) is -0.919. The van der Waals surface area contributed by atoms with Crippen LogP contribution >= 0.6 is 0 Å². The lowest BCUT2D eigenvalue weighted by atomic mass is 10.2. The number of benzene rings is 2. The van der Waals surface area contributed by atoms with Gasteiger partial charge < -0.3 is 18.9 Å². The first-order valence-electron chi connectivity index (χ1n) is 10.3. The summed E-state index contributed by atoms with van der Waals surface area (Å²) < 4.78 is 21.4. The number of hydrogen-bond acceptors (Lipinski definition) is 8. The van der Waals surface area contributed by atoms with Crippen LogP contribution in [0.3, 0.4) is 0 Å². The molecule has 0 spiro atoms. The molecule has 9 nitrogen and oxygen atoms in total. The maximum atomic E-state index is 12.2. The van der Waals surface area contributed by atoms with Crippen LogP contribution in [0.5, 0.6) is 5.88 Å². The van der Waals surface area contributed by atoms with Crippen LogP contribution in [0.25, 0.3) is 0 Å². The maximum absolute atomic E-state index is 12.2. The minimum absolute atomic E-state index is 0.0104. The monoisotopic (exact) mass is 452 g/mol. The van der Waals surface area contributed by atoms with Gasteiger partial charge in [0.2, 0.25) is 0 Å². The third kappa shape index (κ3) is 7.99. The fourth-order valence-electron chi connectivity index (χ4n) is 2.80. The van der Waals surface area contributed by atoms with Crippen LogP contribution in [0.2, 0.25) is 0 Å². The smallest absolute Gasteiger partial charge is 0.340 e. The molecule has 0 amide bonds. The molecule has 0 aliphatic rings. The molecule has 0 radical (unpaired) electrons. The third-order valence-corrected chi connectivity index (χ3v) is 4.42. The van der Waals surface area contributed by atoms with E-state index in [0.29, 0.717) is 13.2 Å². The van der Waals surface area contributed by atoms with Gasteiger partial charge in [-0.05, 0) is 11.1 Å². The molecule has 0 unspecified atom stereocenters. The predicted molar refractivity (Wildman–Crippen MR) is 119 cm³/mol. The van der Waals surface area contributed by atoms with Crippen molar-refractivity contribution in [3.63, 3.8) is 0 Å². The van der Waals surface area contributed by atoms with Crippen LogP contribution in [0, 0.1) is 10.1 Å². The fraction of sp³-hybridized carbons (Fsp3) is 0.250. The van der Waals surface area contributed by atoms with E-state index in [4.69, 9.17) is 18.9 Å². The lowest BCUT2D eigenvalue weighted by molar-refractivity contribution is -0.386. The van der Waals surface area contributed by atoms with Gasteiger partial charge in [0.25, 0.3) is 5.88 Å². The number of pyridine rings is 1. The van der Waals surface area contributed by atoms with Gasteiger partial charge in [0, 0.05) is 12.3 Å². The molecule has 2 aromatic carbocycles. The van der Waals surface area contributed by atoms with Crippen LogP contribution in [0.1, 0.15) is 21.5 Å². The second kappa shape index (κ2) is 12.9. The van der Waals surface area contributed by atoms with Gasteiger partial charge in [-0.2, -0.15) is 0 Å². The van der Waals surface area contributed by atoms with Gasteiger partial charge in [-0.3, -0.25) is 10.1 Å². The van der Waals surface area contributed by atoms with E-state index >= 15 is 0 Å². The highest BCUT2D eigenvalue weighted by Gasteiger charge is 2.21. The molecule has 0 N–H and O–H groups in total. The van der Waals surface area contributed by atoms with Gasteiger partial charge in [0.05, 0.1) is 36.9 Å². The summed E-state index contributed by atoms with van der Waals surface area (Å²) in [6.45, 7) is 1.30. The second-order valence-electron chi connectivity index (χ2n) is 6.87. The van der Waals surface area contributed by atoms with Crippen molar-refractivity contribution in [3.05, 3.63) is 99.7 Å². The SMILES string of the molecule is O=C(OCCOCc1ccccc1)c1cnc(OCCOCc2ccccc2)c([N+](=O)[O-])c1. The zero-order valence-corrected chi connectivity index (χ0v) is 17.9. The molecule has 1 aromatic heterocycles. The molecular formula is C24H24N2O7. The third-order valence-electron chi connectivity index (χ3n) is 4.42. The number of esters is 1. The van der Waals surface area contributed by atoms with Gasteiger partial charge in [0.15, 0.2) is 0 Å². The first kappa shape index (κ1) is 23.8. The molecule has 0 fully saturated rings. The average Bonchev–Trinajstić information content (AvgIpc) is 2.84. The van der Waals surface area contributed by atoms with E-state index in [2.05, 4.69) is 4.98 Å². The fourth-order valence-corrected chi connectivity index (χ4v) is 2.80. The summed E-state index contributed by atoms with van der Waals surface area (Å²) in [7, 11) is 0. The lowest BCUT2D eigenvalue weighted by Gasteiger charge is -2.09. The number of carbonyl (C=O) groups excluding carboxylic acids is 1. The molecule has 0 aliphatic heterocycles. The molecule has 172 valence electrons. The van der Waals surface area contributed by atoms with E-state index in [1.165, 1.54) is 6.20 Å². The molecule has 1 heterocycles. The van der Waals surface area contributed by atoms with Crippen molar-refractivity contribution in [1.82, 2.24) is 4.98 Å². The van der Waals surface area contributed by atoms with Gasteiger partial charge >= 0.3 is 11.7 Å². The van der Waals surface area contributed by atoms with Crippen LogP contribution in [0.4, 0.5) is 5.69 Å². The Labute approximate surface area is 191 Å². The van der Waals surface area contributed by atoms with Crippen LogP contribution in [-0.2, 0) is 27.4 Å². The van der Waals surface area contributed by atoms with E-state index in [1.807, 2.05) is 60.7 Å². The first-order valence-corrected chi connectivity index (χ1v) is 10.3. The van der Waals surface area contributed by atoms with Crippen molar-refractivity contribution in [2.75, 3.05) is 26.4 Å². The summed E-state index contributed by atoms with van der Waals surface area (Å²) >= 11 is 0. The van der Waals surface area contributed by atoms with E-state index in [-0.39, 0.29) is 37.9 Å². The Bertz CT molecular complexity index is 1030. The van der Waals surface area contributed by atoms with E-state index in [9.17, 15) is 14.9 Å². The zero-order chi connectivity index (χ0) is 23.3. The molecule has 0 bridgehead atoms. The Morgan fingerprint density at radius 1 is 0.848 bits per heavy atom. The molecule has 3 aromatic rings. The Morgan fingerprint density at radius 2 is 1.42 bits per heavy atom. The number of carbonyl (C=O) groups is 1. The largest absolute Gasteiger partial charge is 0.470 e. The van der Waals surface area contributed by atoms with E-state index in [1.54, 1.807) is 0 Å². The molecule has 3 rings (SSSR count). The van der Waals surface area contributed by atoms with E-state index in [0.717, 1.165) is 17.2 Å². The number of rotatable bonds is 13. The molecule has 0 atom stereocenters. The summed E-state index contributed by atoms with van der Waals surface area (Å²) in [5.41, 5.74) is 1.55. The van der Waals surface area contributed by atoms with Crippen molar-refractivity contribution in [2.45, 2.75) is 13.2 Å². The minimum atomic E-state index is -0.730. The van der Waals surface area contributed by atoms with Gasteiger partial charge in [-0.15, -0.1) is 0 Å². The second-order valence-corrected chi connectivity index (χ2v) is 6.87. The summed E-state index contributed by atoms with van der Waals surface area (Å²) in [4.78, 5) is 26.8. The Hall–Kier alpha value is -3.82. The van der Waals surface area contributed by atoms with Crippen LogP contribution in [0.15, 0.2) is 72.9 Å². The molecule has 0 saturated carbocycles. The van der Waals surface area contributed by atoms with Gasteiger partial charge in [-0.25, -0.2) is 9.78 Å². The average molecular weight is 452 g/mol. The van der Waals surface area contributed by atoms with Crippen molar-refractivity contribution < 1.29 is 28.7 Å². The number of nitro groups is 1. The molecule has 0 aliphatic carbocycles. The summed E-state index contributed by atoms with van der Waals surface area (Å²) in [5, 5.41) is 11.4. The number of aromatic nitrogens is 1. The first-order chi connectivity index (χ1) is 16.1. The molecule has 0 saturated heterocycles. The molecule has 9 heteroatoms. The standard InChI is InChI=1S/C24H24N2O7/c27-24(33-14-12-31-18-20-9-5-2-6-10-20)21-15-22(26(28)29)23(25-16-21)32-13-11-30-17-19-7-3-1-4-8-19/h1-10,15-16H,11-14,17-18H2. The van der Waals surface area contributed by atoms with Gasteiger partial charge in [-0.1, -0.05) is 60.7 Å². The number of nitrogens with zero attached hydrogens (tertiary/aromatic N) is 2. The Balaban J connectivity index is 1.43.